The van der Waals surface area contributed by atoms with Crippen LogP contribution in [0, 0.1) is 6.92 Å². The van der Waals surface area contributed by atoms with E-state index in [-0.39, 0.29) is 19.2 Å². The molecule has 0 bridgehead atoms. The molecule has 1 rings (SSSR count). The SMILES string of the molecule is COCC(O)CN(C)C(=O)Nc1ccc(C)s1. The summed E-state index contributed by atoms with van der Waals surface area (Å²) in [7, 11) is 3.15. The third-order valence-electron chi connectivity index (χ3n) is 2.16. The molecule has 0 radical (unpaired) electrons. The maximum Gasteiger partial charge on any atom is 0.322 e. The summed E-state index contributed by atoms with van der Waals surface area (Å²) < 4.78 is 4.80. The number of nitrogens with one attached hydrogen (secondary N) is 1. The zero-order chi connectivity index (χ0) is 12.8. The van der Waals surface area contributed by atoms with Gasteiger partial charge in [0.05, 0.1) is 24.3 Å². The number of methoxy groups -OCH3 is 1. The number of nitrogens with zero attached hydrogens (tertiary/aromatic N) is 1. The van der Waals surface area contributed by atoms with Gasteiger partial charge in [0.15, 0.2) is 0 Å². The van der Waals surface area contributed by atoms with Gasteiger partial charge in [-0.3, -0.25) is 5.32 Å². The quantitative estimate of drug-likeness (QED) is 0.842. The molecule has 17 heavy (non-hydrogen) atoms. The highest BCUT2D eigenvalue weighted by Crippen LogP contribution is 2.20. The maximum absolute atomic E-state index is 11.7. The van der Waals surface area contributed by atoms with Crippen LogP contribution in [0.4, 0.5) is 9.80 Å². The number of carbonyl (C=O) groups is 1. The molecule has 0 fully saturated rings. The van der Waals surface area contributed by atoms with Crippen LogP contribution in [0.2, 0.25) is 0 Å². The van der Waals surface area contributed by atoms with Gasteiger partial charge < -0.3 is 14.7 Å². The average Bonchev–Trinajstić information content (AvgIpc) is 2.64. The summed E-state index contributed by atoms with van der Waals surface area (Å²) in [6.45, 7) is 2.44. The number of aryl methyl sites for hydroxylation is 1. The Morgan fingerprint density at radius 3 is 2.88 bits per heavy atom. The topological polar surface area (TPSA) is 61.8 Å². The number of urea groups is 1. The standard InChI is InChI=1S/C11H18N2O3S/c1-8-4-5-10(17-8)12-11(15)13(2)6-9(14)7-16-3/h4-5,9,14H,6-7H2,1-3H3,(H,12,15). The number of hydrogen-bond donors (Lipinski definition) is 2. The Morgan fingerprint density at radius 2 is 2.35 bits per heavy atom. The Morgan fingerprint density at radius 1 is 1.65 bits per heavy atom. The van der Waals surface area contributed by atoms with E-state index in [0.717, 1.165) is 9.88 Å². The zero-order valence-corrected chi connectivity index (χ0v) is 11.1. The van der Waals surface area contributed by atoms with Crippen LogP contribution in [0.1, 0.15) is 4.88 Å². The van der Waals surface area contributed by atoms with Crippen LogP contribution in [0.25, 0.3) is 0 Å². The molecule has 2 amide bonds. The lowest BCUT2D eigenvalue weighted by molar-refractivity contribution is 0.0501. The van der Waals surface area contributed by atoms with Gasteiger partial charge >= 0.3 is 6.03 Å². The molecule has 1 aromatic heterocycles. The lowest BCUT2D eigenvalue weighted by atomic mass is 10.3. The van der Waals surface area contributed by atoms with Crippen LogP contribution in [0.3, 0.4) is 0 Å². The molecule has 0 spiro atoms. The molecule has 1 heterocycles. The van der Waals surface area contributed by atoms with Gasteiger partial charge in [0.2, 0.25) is 0 Å². The Balaban J connectivity index is 2.41. The normalized spacial score (nSPS) is 12.2. The van der Waals surface area contributed by atoms with E-state index in [0.29, 0.717) is 0 Å². The third-order valence-corrected chi connectivity index (χ3v) is 3.08. The van der Waals surface area contributed by atoms with E-state index in [4.69, 9.17) is 4.74 Å². The number of ether oxygens (including phenoxy) is 1. The van der Waals surface area contributed by atoms with Crippen molar-refractivity contribution < 1.29 is 14.6 Å². The minimum atomic E-state index is -0.666. The molecule has 5 nitrogen and oxygen atoms in total. The number of amides is 2. The first-order valence-corrected chi connectivity index (χ1v) is 6.10. The largest absolute Gasteiger partial charge is 0.389 e. The molecule has 1 atom stereocenters. The molecular weight excluding hydrogens is 240 g/mol. The average molecular weight is 258 g/mol. The van der Waals surface area contributed by atoms with Crippen LogP contribution in [0.15, 0.2) is 12.1 Å². The molecule has 0 saturated heterocycles. The van der Waals surface area contributed by atoms with E-state index in [2.05, 4.69) is 5.32 Å². The number of likely N-dealkylation sites (N-methyl/N-ethyl adjacent to an activating group) is 1. The van der Waals surface area contributed by atoms with Gasteiger partial charge in [0.25, 0.3) is 0 Å². The van der Waals surface area contributed by atoms with Gasteiger partial charge in [0.1, 0.15) is 0 Å². The first kappa shape index (κ1) is 14.0. The smallest absolute Gasteiger partial charge is 0.322 e. The predicted molar refractivity (Wildman–Crippen MR) is 68.6 cm³/mol. The third kappa shape index (κ3) is 4.72. The lowest BCUT2D eigenvalue weighted by Gasteiger charge is -2.20. The van der Waals surface area contributed by atoms with Gasteiger partial charge in [-0.25, -0.2) is 4.79 Å². The summed E-state index contributed by atoms with van der Waals surface area (Å²) in [4.78, 5) is 14.3. The van der Waals surface area contributed by atoms with Crippen molar-refractivity contribution in [2.75, 3.05) is 32.6 Å². The molecule has 0 saturated carbocycles. The van der Waals surface area contributed by atoms with Crippen molar-refractivity contribution in [1.29, 1.82) is 0 Å². The molecular formula is C11H18N2O3S. The summed E-state index contributed by atoms with van der Waals surface area (Å²) in [5.74, 6) is 0. The molecule has 1 aromatic rings. The highest BCUT2D eigenvalue weighted by atomic mass is 32.1. The van der Waals surface area contributed by atoms with Crippen LogP contribution in [0.5, 0.6) is 0 Å². The Kier molecular flexibility index (Phi) is 5.40. The molecule has 6 heteroatoms. The Labute approximate surface area is 105 Å². The van der Waals surface area contributed by atoms with Crippen molar-refractivity contribution in [2.45, 2.75) is 13.0 Å². The summed E-state index contributed by atoms with van der Waals surface area (Å²) >= 11 is 1.52. The number of hydrogen-bond acceptors (Lipinski definition) is 4. The van der Waals surface area contributed by atoms with E-state index in [9.17, 15) is 9.90 Å². The van der Waals surface area contributed by atoms with Crippen LogP contribution in [-0.4, -0.2) is 49.5 Å². The van der Waals surface area contributed by atoms with Crippen molar-refractivity contribution in [3.05, 3.63) is 17.0 Å². The second kappa shape index (κ2) is 6.58. The van der Waals surface area contributed by atoms with Gasteiger partial charge in [0, 0.05) is 19.0 Å². The lowest BCUT2D eigenvalue weighted by Crippen LogP contribution is -2.38. The van der Waals surface area contributed by atoms with E-state index >= 15 is 0 Å². The summed E-state index contributed by atoms with van der Waals surface area (Å²) in [6, 6.07) is 3.57. The second-order valence-corrected chi connectivity index (χ2v) is 5.12. The van der Waals surface area contributed by atoms with Crippen molar-refractivity contribution in [3.63, 3.8) is 0 Å². The molecule has 0 aliphatic heterocycles. The Hall–Kier alpha value is -1.11. The van der Waals surface area contributed by atoms with Crippen LogP contribution >= 0.6 is 11.3 Å². The minimum absolute atomic E-state index is 0.218. The van der Waals surface area contributed by atoms with Gasteiger partial charge in [-0.1, -0.05) is 0 Å². The fraction of sp³-hybridized carbons (Fsp3) is 0.545. The van der Waals surface area contributed by atoms with Gasteiger partial charge in [-0.05, 0) is 19.1 Å². The van der Waals surface area contributed by atoms with E-state index < -0.39 is 6.10 Å². The van der Waals surface area contributed by atoms with Crippen molar-refractivity contribution in [2.24, 2.45) is 0 Å². The van der Waals surface area contributed by atoms with E-state index in [1.54, 1.807) is 7.05 Å². The maximum atomic E-state index is 11.7. The Bertz CT molecular complexity index is 367. The minimum Gasteiger partial charge on any atom is -0.389 e. The molecule has 0 aromatic carbocycles. The second-order valence-electron chi connectivity index (χ2n) is 3.83. The molecule has 0 aliphatic carbocycles. The predicted octanol–water partition coefficient (Wildman–Crippen LogP) is 1.53. The highest BCUT2D eigenvalue weighted by Gasteiger charge is 2.13. The number of thiophene rings is 1. The van der Waals surface area contributed by atoms with Crippen molar-refractivity contribution in [1.82, 2.24) is 4.90 Å². The van der Waals surface area contributed by atoms with Gasteiger partial charge in [-0.15, -0.1) is 11.3 Å². The number of rotatable bonds is 5. The first-order valence-electron chi connectivity index (χ1n) is 5.28. The van der Waals surface area contributed by atoms with E-state index in [1.165, 1.54) is 23.3 Å². The van der Waals surface area contributed by atoms with Crippen molar-refractivity contribution in [3.8, 4) is 0 Å². The molecule has 1 unspecified atom stereocenters. The number of aliphatic hydroxyl groups is 1. The zero-order valence-electron chi connectivity index (χ0n) is 10.3. The van der Waals surface area contributed by atoms with E-state index in [1.807, 2.05) is 19.1 Å². The molecule has 96 valence electrons. The molecule has 2 N–H and O–H groups in total. The summed E-state index contributed by atoms with van der Waals surface area (Å²) in [5, 5.41) is 13.1. The number of anilines is 1. The highest BCUT2D eigenvalue weighted by molar-refractivity contribution is 7.16. The monoisotopic (exact) mass is 258 g/mol. The summed E-state index contributed by atoms with van der Waals surface area (Å²) in [5.41, 5.74) is 0. The first-order chi connectivity index (χ1) is 8.02. The van der Waals surface area contributed by atoms with Gasteiger partial charge in [-0.2, -0.15) is 0 Å². The van der Waals surface area contributed by atoms with Crippen molar-refractivity contribution >= 4 is 22.4 Å². The fourth-order valence-electron chi connectivity index (χ4n) is 1.35. The number of aliphatic hydroxyl groups excluding tert-OH is 1. The number of carbonyl (C=O) groups excluding carboxylic acids is 1. The van der Waals surface area contributed by atoms with Crippen LogP contribution in [-0.2, 0) is 4.74 Å². The van der Waals surface area contributed by atoms with Crippen LogP contribution < -0.4 is 5.32 Å². The fourth-order valence-corrected chi connectivity index (χ4v) is 2.10. The summed E-state index contributed by atoms with van der Waals surface area (Å²) in [6.07, 6.45) is -0.666. The molecule has 0 aliphatic rings.